The van der Waals surface area contributed by atoms with Crippen LogP contribution in [0.1, 0.15) is 29.6 Å². The molecule has 0 bridgehead atoms. The highest BCUT2D eigenvalue weighted by Crippen LogP contribution is 2.20. The van der Waals surface area contributed by atoms with Crippen LogP contribution in [-0.2, 0) is 9.59 Å². The summed E-state index contributed by atoms with van der Waals surface area (Å²) in [5.41, 5.74) is 1.37. The third-order valence-electron chi connectivity index (χ3n) is 5.90. The first-order valence-corrected chi connectivity index (χ1v) is 11.0. The number of hydrogen-bond donors (Lipinski definition) is 2. The second-order valence-electron chi connectivity index (χ2n) is 8.08. The quantitative estimate of drug-likeness (QED) is 0.625. The lowest BCUT2D eigenvalue weighted by atomic mass is 9.95. The Hall–Kier alpha value is -3.67. The molecule has 1 aliphatic rings. The molecule has 2 N–H and O–H groups in total. The van der Waals surface area contributed by atoms with Gasteiger partial charge in [0.05, 0.1) is 0 Å². The van der Waals surface area contributed by atoms with Gasteiger partial charge in [0, 0.05) is 43.2 Å². The van der Waals surface area contributed by atoms with Crippen LogP contribution < -0.4 is 10.6 Å². The number of fused-ring (bicyclic) bond motifs is 1. The largest absolute Gasteiger partial charge is 0.352 e. The molecule has 6 nitrogen and oxygen atoms in total. The van der Waals surface area contributed by atoms with Crippen molar-refractivity contribution in [2.75, 3.05) is 25.0 Å². The highest BCUT2D eigenvalue weighted by atomic mass is 16.2. The van der Waals surface area contributed by atoms with Crippen molar-refractivity contribution in [1.82, 2.24) is 10.2 Å². The van der Waals surface area contributed by atoms with Crippen LogP contribution in [0.4, 0.5) is 5.69 Å². The lowest BCUT2D eigenvalue weighted by Gasteiger charge is -2.31. The molecule has 1 saturated heterocycles. The van der Waals surface area contributed by atoms with Crippen LogP contribution >= 0.6 is 0 Å². The minimum Gasteiger partial charge on any atom is -0.352 e. The van der Waals surface area contributed by atoms with Gasteiger partial charge in [-0.3, -0.25) is 14.4 Å². The van der Waals surface area contributed by atoms with Gasteiger partial charge in [0.25, 0.3) is 5.91 Å². The van der Waals surface area contributed by atoms with Gasteiger partial charge in [0.2, 0.25) is 11.8 Å². The standard InChI is InChI=1S/C26H27N3O3/c30-24(12-15-27-25(31)22-11-10-19-6-4-5-7-21(19)18-22)29-16-13-20(14-17-29)26(32)28-23-8-2-1-3-9-23/h1-11,18,20H,12-17H2,(H,27,31)(H,28,32). The fourth-order valence-corrected chi connectivity index (χ4v) is 4.03. The zero-order valence-electron chi connectivity index (χ0n) is 17.9. The summed E-state index contributed by atoms with van der Waals surface area (Å²) in [5, 5.41) is 7.87. The van der Waals surface area contributed by atoms with Crippen LogP contribution in [0.25, 0.3) is 10.8 Å². The van der Waals surface area contributed by atoms with Crippen molar-refractivity contribution in [1.29, 1.82) is 0 Å². The summed E-state index contributed by atoms with van der Waals surface area (Å²) in [6, 6.07) is 22.9. The second kappa shape index (κ2) is 10.1. The third-order valence-corrected chi connectivity index (χ3v) is 5.90. The van der Waals surface area contributed by atoms with Gasteiger partial charge in [0.15, 0.2) is 0 Å². The SMILES string of the molecule is O=C(NCCC(=O)N1CCC(C(=O)Nc2ccccc2)CC1)c1ccc2ccccc2c1. The minimum atomic E-state index is -0.181. The van der Waals surface area contributed by atoms with E-state index in [1.807, 2.05) is 66.7 Å². The van der Waals surface area contributed by atoms with Crippen molar-refractivity contribution in [3.05, 3.63) is 78.4 Å². The van der Waals surface area contributed by atoms with E-state index in [9.17, 15) is 14.4 Å². The number of likely N-dealkylation sites (tertiary alicyclic amines) is 1. The van der Waals surface area contributed by atoms with Crippen LogP contribution in [0.15, 0.2) is 72.8 Å². The number of rotatable bonds is 6. The number of hydrogen-bond acceptors (Lipinski definition) is 3. The van der Waals surface area contributed by atoms with Crippen molar-refractivity contribution in [3.63, 3.8) is 0 Å². The molecular weight excluding hydrogens is 402 g/mol. The molecule has 4 rings (SSSR count). The summed E-state index contributed by atoms with van der Waals surface area (Å²) in [4.78, 5) is 39.2. The molecule has 0 aliphatic carbocycles. The van der Waals surface area contributed by atoms with Crippen molar-refractivity contribution < 1.29 is 14.4 Å². The molecule has 0 spiro atoms. The molecule has 1 aliphatic heterocycles. The smallest absolute Gasteiger partial charge is 0.251 e. The molecule has 6 heteroatoms. The zero-order chi connectivity index (χ0) is 22.3. The van der Waals surface area contributed by atoms with Crippen molar-refractivity contribution in [2.24, 2.45) is 5.92 Å². The number of carbonyl (C=O) groups is 3. The highest BCUT2D eigenvalue weighted by molar-refractivity contribution is 5.98. The maximum absolute atomic E-state index is 12.5. The normalized spacial score (nSPS) is 14.2. The van der Waals surface area contributed by atoms with Gasteiger partial charge < -0.3 is 15.5 Å². The molecule has 3 amide bonds. The average molecular weight is 430 g/mol. The molecule has 1 fully saturated rings. The topological polar surface area (TPSA) is 78.5 Å². The Morgan fingerprint density at radius 1 is 0.844 bits per heavy atom. The maximum Gasteiger partial charge on any atom is 0.251 e. The Morgan fingerprint density at radius 2 is 1.53 bits per heavy atom. The van der Waals surface area contributed by atoms with Crippen molar-refractivity contribution in [2.45, 2.75) is 19.3 Å². The number of nitrogens with zero attached hydrogens (tertiary/aromatic N) is 1. The average Bonchev–Trinajstić information content (AvgIpc) is 2.84. The van der Waals surface area contributed by atoms with Crippen LogP contribution in [0.3, 0.4) is 0 Å². The summed E-state index contributed by atoms with van der Waals surface area (Å²) in [6.07, 6.45) is 1.54. The Balaban J connectivity index is 1.20. The van der Waals surface area contributed by atoms with E-state index in [2.05, 4.69) is 10.6 Å². The van der Waals surface area contributed by atoms with Crippen molar-refractivity contribution in [3.8, 4) is 0 Å². The lowest BCUT2D eigenvalue weighted by Crippen LogP contribution is -2.42. The van der Waals surface area contributed by atoms with E-state index in [1.54, 1.807) is 11.0 Å². The molecule has 1 heterocycles. The summed E-state index contributed by atoms with van der Waals surface area (Å²) >= 11 is 0. The number of amides is 3. The van der Waals surface area contributed by atoms with Crippen LogP contribution in [-0.4, -0.2) is 42.3 Å². The molecule has 3 aromatic rings. The number of piperidine rings is 1. The van der Waals surface area contributed by atoms with Gasteiger partial charge in [0.1, 0.15) is 0 Å². The first kappa shape index (κ1) is 21.6. The fourth-order valence-electron chi connectivity index (χ4n) is 4.03. The molecule has 32 heavy (non-hydrogen) atoms. The minimum absolute atomic E-state index is 0.00530. The highest BCUT2D eigenvalue weighted by Gasteiger charge is 2.27. The van der Waals surface area contributed by atoms with E-state index >= 15 is 0 Å². The molecular formula is C26H27N3O3. The molecule has 0 radical (unpaired) electrons. The van der Waals surface area contributed by atoms with E-state index in [-0.39, 0.29) is 30.1 Å². The molecule has 0 aromatic heterocycles. The zero-order valence-corrected chi connectivity index (χ0v) is 17.9. The number of anilines is 1. The fraction of sp³-hybridized carbons (Fsp3) is 0.269. The Morgan fingerprint density at radius 3 is 2.28 bits per heavy atom. The monoisotopic (exact) mass is 429 g/mol. The van der Waals surface area contributed by atoms with Crippen molar-refractivity contribution >= 4 is 34.2 Å². The molecule has 0 saturated carbocycles. The van der Waals surface area contributed by atoms with Crippen LogP contribution in [0.2, 0.25) is 0 Å². The van der Waals surface area contributed by atoms with Gasteiger partial charge in [-0.15, -0.1) is 0 Å². The first-order valence-electron chi connectivity index (χ1n) is 11.0. The van der Waals surface area contributed by atoms with Gasteiger partial charge in [-0.2, -0.15) is 0 Å². The van der Waals surface area contributed by atoms with Gasteiger partial charge >= 0.3 is 0 Å². The Labute approximate surface area is 187 Å². The number of carbonyl (C=O) groups excluding carboxylic acids is 3. The third kappa shape index (κ3) is 5.32. The number of nitrogens with one attached hydrogen (secondary N) is 2. The van der Waals surface area contributed by atoms with Crippen LogP contribution in [0.5, 0.6) is 0 Å². The van der Waals surface area contributed by atoms with E-state index in [0.717, 1.165) is 16.5 Å². The maximum atomic E-state index is 12.5. The van der Waals surface area contributed by atoms with Crippen LogP contribution in [0, 0.1) is 5.92 Å². The first-order chi connectivity index (χ1) is 15.6. The molecule has 0 atom stereocenters. The Kier molecular flexibility index (Phi) is 6.80. The summed E-state index contributed by atoms with van der Waals surface area (Å²) in [7, 11) is 0. The number of benzene rings is 3. The predicted molar refractivity (Wildman–Crippen MR) is 125 cm³/mol. The van der Waals surface area contributed by atoms with Gasteiger partial charge in [-0.25, -0.2) is 0 Å². The second-order valence-corrected chi connectivity index (χ2v) is 8.08. The lowest BCUT2D eigenvalue weighted by molar-refractivity contribution is -0.134. The summed E-state index contributed by atoms with van der Waals surface area (Å²) in [6.45, 7) is 1.41. The van der Waals surface area contributed by atoms with Gasteiger partial charge in [-0.1, -0.05) is 48.5 Å². The molecule has 164 valence electrons. The Bertz CT molecular complexity index is 1110. The van der Waals surface area contributed by atoms with Gasteiger partial charge in [-0.05, 0) is 47.9 Å². The number of para-hydroxylation sites is 1. The van der Waals surface area contributed by atoms with E-state index in [1.165, 1.54) is 0 Å². The summed E-state index contributed by atoms with van der Waals surface area (Å²) in [5.74, 6) is -0.261. The molecule has 0 unspecified atom stereocenters. The van der Waals surface area contributed by atoms with E-state index in [4.69, 9.17) is 0 Å². The van der Waals surface area contributed by atoms with E-state index < -0.39 is 0 Å². The summed E-state index contributed by atoms with van der Waals surface area (Å²) < 4.78 is 0. The van der Waals surface area contributed by atoms with E-state index in [0.29, 0.717) is 38.0 Å². The molecule has 3 aromatic carbocycles. The predicted octanol–water partition coefficient (Wildman–Crippen LogP) is 3.84.